The van der Waals surface area contributed by atoms with Crippen molar-refractivity contribution in [2.75, 3.05) is 32.8 Å². The van der Waals surface area contributed by atoms with Crippen LogP contribution in [0.25, 0.3) is 0 Å². The van der Waals surface area contributed by atoms with Crippen molar-refractivity contribution >= 4 is 5.91 Å². The molecule has 2 saturated heterocycles. The number of nitrogens with zero attached hydrogens (tertiary/aromatic N) is 1. The van der Waals surface area contributed by atoms with Crippen LogP contribution in [0.4, 0.5) is 0 Å². The van der Waals surface area contributed by atoms with Crippen LogP contribution in [0.5, 0.6) is 0 Å². The Balaban J connectivity index is 1.30. The molecule has 5 nitrogen and oxygen atoms in total. The summed E-state index contributed by atoms with van der Waals surface area (Å²) in [6.45, 7) is 9.21. The van der Waals surface area contributed by atoms with Gasteiger partial charge in [0.15, 0.2) is 0 Å². The maximum atomic E-state index is 13.3. The van der Waals surface area contributed by atoms with Gasteiger partial charge in [0.1, 0.15) is 11.5 Å². The van der Waals surface area contributed by atoms with Gasteiger partial charge in [-0.15, -0.1) is 0 Å². The van der Waals surface area contributed by atoms with E-state index >= 15 is 0 Å². The van der Waals surface area contributed by atoms with E-state index in [0.29, 0.717) is 19.1 Å². The molecule has 4 rings (SSSR count). The van der Waals surface area contributed by atoms with Gasteiger partial charge in [0.05, 0.1) is 5.41 Å². The fourth-order valence-electron chi connectivity index (χ4n) is 4.96. The molecule has 0 atom stereocenters. The second-order valence-electron chi connectivity index (χ2n) is 8.93. The Kier molecular flexibility index (Phi) is 6.59. The second kappa shape index (κ2) is 9.36. The van der Waals surface area contributed by atoms with E-state index in [0.717, 1.165) is 68.9 Å². The first-order valence-electron chi connectivity index (χ1n) is 11.3. The SMILES string of the molecule is Cc1cc(CN2CCC(CNC(=O)C3(c4ccccc4)CCOCC3)CC2)c(C)o1. The third-order valence-electron chi connectivity index (χ3n) is 6.90. The molecule has 162 valence electrons. The Hall–Kier alpha value is -2.11. The van der Waals surface area contributed by atoms with Gasteiger partial charge < -0.3 is 14.5 Å². The first-order valence-corrected chi connectivity index (χ1v) is 11.3. The second-order valence-corrected chi connectivity index (χ2v) is 8.93. The Morgan fingerprint density at radius 2 is 1.83 bits per heavy atom. The minimum Gasteiger partial charge on any atom is -0.466 e. The molecule has 2 aromatic rings. The molecule has 0 saturated carbocycles. The van der Waals surface area contributed by atoms with Gasteiger partial charge in [-0.3, -0.25) is 9.69 Å². The topological polar surface area (TPSA) is 54.7 Å². The number of carbonyl (C=O) groups excluding carboxylic acids is 1. The average Bonchev–Trinajstić information content (AvgIpc) is 3.10. The van der Waals surface area contributed by atoms with Gasteiger partial charge in [0.25, 0.3) is 0 Å². The van der Waals surface area contributed by atoms with Crippen molar-refractivity contribution in [2.45, 2.75) is 51.5 Å². The van der Waals surface area contributed by atoms with E-state index in [2.05, 4.69) is 28.4 Å². The van der Waals surface area contributed by atoms with E-state index in [1.54, 1.807) is 0 Å². The highest BCUT2D eigenvalue weighted by Crippen LogP contribution is 2.35. The molecule has 2 aliphatic rings. The number of amides is 1. The summed E-state index contributed by atoms with van der Waals surface area (Å²) < 4.78 is 11.2. The van der Waals surface area contributed by atoms with E-state index in [-0.39, 0.29) is 5.91 Å². The smallest absolute Gasteiger partial charge is 0.230 e. The number of carbonyl (C=O) groups is 1. The van der Waals surface area contributed by atoms with Crippen LogP contribution in [0.1, 0.15) is 48.3 Å². The average molecular weight is 411 g/mol. The molecule has 2 fully saturated rings. The van der Waals surface area contributed by atoms with Crippen molar-refractivity contribution in [1.29, 1.82) is 0 Å². The number of likely N-dealkylation sites (tertiary alicyclic amines) is 1. The number of hydrogen-bond donors (Lipinski definition) is 1. The number of nitrogens with one attached hydrogen (secondary N) is 1. The molecule has 30 heavy (non-hydrogen) atoms. The number of benzene rings is 1. The predicted octanol–water partition coefficient (Wildman–Crippen LogP) is 3.97. The fraction of sp³-hybridized carbons (Fsp3) is 0.560. The maximum absolute atomic E-state index is 13.3. The molecule has 0 bridgehead atoms. The molecule has 5 heteroatoms. The summed E-state index contributed by atoms with van der Waals surface area (Å²) in [5.41, 5.74) is 1.96. The minimum atomic E-state index is -0.448. The van der Waals surface area contributed by atoms with Crippen LogP contribution < -0.4 is 5.32 Å². The van der Waals surface area contributed by atoms with Crippen molar-refractivity contribution in [2.24, 2.45) is 5.92 Å². The number of furan rings is 1. The molecular formula is C25H34N2O3. The summed E-state index contributed by atoms with van der Waals surface area (Å²) in [6.07, 6.45) is 3.75. The van der Waals surface area contributed by atoms with Gasteiger partial charge in [-0.2, -0.15) is 0 Å². The molecule has 1 amide bonds. The fourth-order valence-corrected chi connectivity index (χ4v) is 4.96. The molecule has 2 aliphatic heterocycles. The Morgan fingerprint density at radius 3 is 2.47 bits per heavy atom. The molecule has 1 aromatic carbocycles. The van der Waals surface area contributed by atoms with E-state index in [9.17, 15) is 4.79 Å². The summed E-state index contributed by atoms with van der Waals surface area (Å²) >= 11 is 0. The van der Waals surface area contributed by atoms with Crippen LogP contribution in [0.2, 0.25) is 0 Å². The molecule has 0 unspecified atom stereocenters. The lowest BCUT2D eigenvalue weighted by Crippen LogP contribution is -2.49. The normalized spacial score (nSPS) is 20.2. The van der Waals surface area contributed by atoms with Crippen LogP contribution in [-0.4, -0.2) is 43.7 Å². The predicted molar refractivity (Wildman–Crippen MR) is 117 cm³/mol. The zero-order valence-electron chi connectivity index (χ0n) is 18.3. The summed E-state index contributed by atoms with van der Waals surface area (Å²) in [5.74, 6) is 2.74. The molecule has 3 heterocycles. The lowest BCUT2D eigenvalue weighted by molar-refractivity contribution is -0.130. The Morgan fingerprint density at radius 1 is 1.13 bits per heavy atom. The highest BCUT2D eigenvalue weighted by Gasteiger charge is 2.41. The van der Waals surface area contributed by atoms with Crippen molar-refractivity contribution in [3.05, 3.63) is 59.0 Å². The lowest BCUT2D eigenvalue weighted by atomic mass is 9.73. The van der Waals surface area contributed by atoms with E-state index in [1.807, 2.05) is 32.0 Å². The summed E-state index contributed by atoms with van der Waals surface area (Å²) in [7, 11) is 0. The van der Waals surface area contributed by atoms with Gasteiger partial charge >= 0.3 is 0 Å². The summed E-state index contributed by atoms with van der Waals surface area (Å²) in [5, 5.41) is 3.31. The van der Waals surface area contributed by atoms with Gasteiger partial charge in [0, 0.05) is 31.9 Å². The largest absolute Gasteiger partial charge is 0.466 e. The third-order valence-corrected chi connectivity index (χ3v) is 6.90. The molecule has 0 spiro atoms. The highest BCUT2D eigenvalue weighted by molar-refractivity contribution is 5.88. The van der Waals surface area contributed by atoms with Crippen molar-refractivity contribution in [3.8, 4) is 0 Å². The van der Waals surface area contributed by atoms with Crippen LogP contribution in [0.15, 0.2) is 40.8 Å². The number of hydrogen-bond acceptors (Lipinski definition) is 4. The Labute approximate surface area is 179 Å². The van der Waals surface area contributed by atoms with E-state index in [4.69, 9.17) is 9.15 Å². The zero-order valence-corrected chi connectivity index (χ0v) is 18.3. The zero-order chi connectivity index (χ0) is 21.0. The summed E-state index contributed by atoms with van der Waals surface area (Å²) in [4.78, 5) is 15.8. The molecule has 0 radical (unpaired) electrons. The third kappa shape index (κ3) is 4.62. The number of aryl methyl sites for hydroxylation is 2. The van der Waals surface area contributed by atoms with Crippen LogP contribution >= 0.6 is 0 Å². The lowest BCUT2D eigenvalue weighted by Gasteiger charge is -2.37. The van der Waals surface area contributed by atoms with Gasteiger partial charge in [-0.25, -0.2) is 0 Å². The number of rotatable bonds is 6. The Bertz CT molecular complexity index is 831. The molecule has 1 aromatic heterocycles. The van der Waals surface area contributed by atoms with Crippen LogP contribution in [0.3, 0.4) is 0 Å². The van der Waals surface area contributed by atoms with Crippen molar-refractivity contribution in [1.82, 2.24) is 10.2 Å². The first-order chi connectivity index (χ1) is 14.6. The minimum absolute atomic E-state index is 0.170. The van der Waals surface area contributed by atoms with Gasteiger partial charge in [0.2, 0.25) is 5.91 Å². The quantitative estimate of drug-likeness (QED) is 0.783. The van der Waals surface area contributed by atoms with Gasteiger partial charge in [-0.05, 0) is 70.2 Å². The summed E-state index contributed by atoms with van der Waals surface area (Å²) in [6, 6.07) is 12.4. The first kappa shape index (κ1) is 21.1. The van der Waals surface area contributed by atoms with Crippen molar-refractivity contribution < 1.29 is 13.9 Å². The highest BCUT2D eigenvalue weighted by atomic mass is 16.5. The molecular weight excluding hydrogens is 376 g/mol. The maximum Gasteiger partial charge on any atom is 0.230 e. The molecule has 1 N–H and O–H groups in total. The van der Waals surface area contributed by atoms with Crippen LogP contribution in [0, 0.1) is 19.8 Å². The standard InChI is InChI=1S/C25H34N2O3/c1-19-16-22(20(2)30-19)18-27-12-8-21(9-13-27)17-26-24(28)25(10-14-29-15-11-25)23-6-4-3-5-7-23/h3-7,16,21H,8-15,17-18H2,1-2H3,(H,26,28). The van der Waals surface area contributed by atoms with Gasteiger partial charge in [-0.1, -0.05) is 30.3 Å². The van der Waals surface area contributed by atoms with E-state index < -0.39 is 5.41 Å². The van der Waals surface area contributed by atoms with E-state index in [1.165, 1.54) is 5.56 Å². The van der Waals surface area contributed by atoms with Crippen molar-refractivity contribution in [3.63, 3.8) is 0 Å². The molecule has 0 aliphatic carbocycles. The number of piperidine rings is 1. The monoisotopic (exact) mass is 410 g/mol. The number of ether oxygens (including phenoxy) is 1. The van der Waals surface area contributed by atoms with Crippen LogP contribution in [-0.2, 0) is 21.5 Å².